The van der Waals surface area contributed by atoms with Gasteiger partial charge in [-0.2, -0.15) is 0 Å². The van der Waals surface area contributed by atoms with E-state index in [1.807, 2.05) is 0 Å². The topological polar surface area (TPSA) is 12.0 Å². The molecule has 0 saturated heterocycles. The van der Waals surface area contributed by atoms with Crippen LogP contribution in [0.25, 0.3) is 0 Å². The summed E-state index contributed by atoms with van der Waals surface area (Å²) in [6, 6.07) is 6.52. The van der Waals surface area contributed by atoms with Crippen LogP contribution in [0.3, 0.4) is 0 Å². The molecule has 2 rings (SSSR count). The second kappa shape index (κ2) is 6.08. The Morgan fingerprint density at radius 2 is 1.72 bits per heavy atom. The SMILES string of the molecule is Cc1cccc(C)c1CNC1(CCl)CCCCC1. The molecule has 1 aromatic carbocycles. The Kier molecular flexibility index (Phi) is 4.69. The average molecular weight is 266 g/mol. The minimum Gasteiger partial charge on any atom is -0.306 e. The molecule has 1 saturated carbocycles. The molecule has 18 heavy (non-hydrogen) atoms. The van der Waals surface area contributed by atoms with Crippen molar-refractivity contribution in [1.29, 1.82) is 0 Å². The van der Waals surface area contributed by atoms with Crippen LogP contribution >= 0.6 is 11.6 Å². The van der Waals surface area contributed by atoms with E-state index < -0.39 is 0 Å². The molecular formula is C16H24ClN. The van der Waals surface area contributed by atoms with Crippen molar-refractivity contribution in [2.75, 3.05) is 5.88 Å². The van der Waals surface area contributed by atoms with Gasteiger partial charge in [-0.3, -0.25) is 0 Å². The molecule has 1 nitrogen and oxygen atoms in total. The predicted octanol–water partition coefficient (Wildman–Crippen LogP) is 4.33. The standard InChI is InChI=1S/C16H24ClN/c1-13-7-6-8-14(2)15(13)11-18-16(12-17)9-4-3-5-10-16/h6-8,18H,3-5,9-12H2,1-2H3. The molecule has 0 heterocycles. The summed E-state index contributed by atoms with van der Waals surface area (Å²) in [4.78, 5) is 0. The molecule has 0 unspecified atom stereocenters. The van der Waals surface area contributed by atoms with Crippen LogP contribution in [0.4, 0.5) is 0 Å². The summed E-state index contributed by atoms with van der Waals surface area (Å²) in [6.45, 7) is 5.34. The zero-order valence-corrected chi connectivity index (χ0v) is 12.3. The number of aryl methyl sites for hydroxylation is 2. The minimum atomic E-state index is 0.175. The lowest BCUT2D eigenvalue weighted by molar-refractivity contribution is 0.256. The van der Waals surface area contributed by atoms with Crippen molar-refractivity contribution in [2.45, 2.75) is 58.0 Å². The van der Waals surface area contributed by atoms with Crippen molar-refractivity contribution in [3.8, 4) is 0 Å². The molecule has 0 bridgehead atoms. The highest BCUT2D eigenvalue weighted by molar-refractivity contribution is 6.18. The molecule has 1 aromatic rings. The Hall–Kier alpha value is -0.530. The number of benzene rings is 1. The van der Waals surface area contributed by atoms with Gasteiger partial charge in [0.1, 0.15) is 0 Å². The normalized spacial score (nSPS) is 18.8. The lowest BCUT2D eigenvalue weighted by Crippen LogP contribution is -2.48. The van der Waals surface area contributed by atoms with Crippen molar-refractivity contribution < 1.29 is 0 Å². The Morgan fingerprint density at radius 3 is 2.28 bits per heavy atom. The molecule has 0 amide bonds. The van der Waals surface area contributed by atoms with Gasteiger partial charge in [-0.15, -0.1) is 11.6 Å². The van der Waals surface area contributed by atoms with Gasteiger partial charge in [0.2, 0.25) is 0 Å². The second-order valence-corrected chi connectivity index (χ2v) is 5.97. The Bertz CT molecular complexity index is 374. The van der Waals surface area contributed by atoms with Crippen LogP contribution in [0.5, 0.6) is 0 Å². The maximum atomic E-state index is 6.22. The fraction of sp³-hybridized carbons (Fsp3) is 0.625. The van der Waals surface area contributed by atoms with E-state index in [2.05, 4.69) is 37.4 Å². The fourth-order valence-electron chi connectivity index (χ4n) is 2.99. The minimum absolute atomic E-state index is 0.175. The summed E-state index contributed by atoms with van der Waals surface area (Å²) < 4.78 is 0. The molecule has 0 aromatic heterocycles. The first kappa shape index (κ1) is 13.9. The molecule has 1 aliphatic carbocycles. The lowest BCUT2D eigenvalue weighted by atomic mass is 9.83. The summed E-state index contributed by atoms with van der Waals surface area (Å²) in [6.07, 6.45) is 6.44. The highest BCUT2D eigenvalue weighted by Crippen LogP contribution is 2.30. The second-order valence-electron chi connectivity index (χ2n) is 5.70. The van der Waals surface area contributed by atoms with Crippen molar-refractivity contribution in [3.63, 3.8) is 0 Å². The van der Waals surface area contributed by atoms with E-state index >= 15 is 0 Å². The number of nitrogens with one attached hydrogen (secondary N) is 1. The number of rotatable bonds is 4. The smallest absolute Gasteiger partial charge is 0.0406 e. The molecule has 1 fully saturated rings. The molecule has 1 N–H and O–H groups in total. The zero-order valence-electron chi connectivity index (χ0n) is 11.6. The van der Waals surface area contributed by atoms with E-state index in [1.165, 1.54) is 48.8 Å². The number of halogens is 1. The lowest BCUT2D eigenvalue weighted by Gasteiger charge is -2.37. The quantitative estimate of drug-likeness (QED) is 0.799. The van der Waals surface area contributed by atoms with Crippen molar-refractivity contribution >= 4 is 11.6 Å². The molecule has 1 aliphatic rings. The number of alkyl halides is 1. The summed E-state index contributed by atoms with van der Waals surface area (Å²) >= 11 is 6.22. The predicted molar refractivity (Wildman–Crippen MR) is 79.3 cm³/mol. The third kappa shape index (κ3) is 3.07. The van der Waals surface area contributed by atoms with Crippen LogP contribution in [-0.4, -0.2) is 11.4 Å². The maximum Gasteiger partial charge on any atom is 0.0406 e. The van der Waals surface area contributed by atoms with Crippen molar-refractivity contribution in [1.82, 2.24) is 5.32 Å². The Balaban J connectivity index is 2.05. The van der Waals surface area contributed by atoms with E-state index in [-0.39, 0.29) is 5.54 Å². The summed E-state index contributed by atoms with van der Waals surface area (Å²) in [5.41, 5.74) is 4.37. The van der Waals surface area contributed by atoms with Crippen molar-refractivity contribution in [2.24, 2.45) is 0 Å². The molecule has 0 atom stereocenters. The molecule has 100 valence electrons. The molecular weight excluding hydrogens is 242 g/mol. The van der Waals surface area contributed by atoms with Gasteiger partial charge in [-0.05, 0) is 43.4 Å². The van der Waals surface area contributed by atoms with Crippen LogP contribution < -0.4 is 5.32 Å². The van der Waals surface area contributed by atoms with E-state index in [4.69, 9.17) is 11.6 Å². The van der Waals surface area contributed by atoms with Crippen molar-refractivity contribution in [3.05, 3.63) is 34.9 Å². The van der Waals surface area contributed by atoms with Crippen LogP contribution in [-0.2, 0) is 6.54 Å². The average Bonchev–Trinajstić information content (AvgIpc) is 2.39. The number of hydrogen-bond donors (Lipinski definition) is 1. The van der Waals surface area contributed by atoms with Gasteiger partial charge in [-0.25, -0.2) is 0 Å². The van der Waals surface area contributed by atoms with E-state index in [1.54, 1.807) is 0 Å². The highest BCUT2D eigenvalue weighted by atomic mass is 35.5. The van der Waals surface area contributed by atoms with Crippen LogP contribution in [0.15, 0.2) is 18.2 Å². The highest BCUT2D eigenvalue weighted by Gasteiger charge is 2.30. The van der Waals surface area contributed by atoms with Gasteiger partial charge < -0.3 is 5.32 Å². The molecule has 0 aliphatic heterocycles. The van der Waals surface area contributed by atoms with Gasteiger partial charge >= 0.3 is 0 Å². The Morgan fingerprint density at radius 1 is 1.11 bits per heavy atom. The summed E-state index contributed by atoms with van der Waals surface area (Å²) in [7, 11) is 0. The van der Waals surface area contributed by atoms with Crippen LogP contribution in [0, 0.1) is 13.8 Å². The van der Waals surface area contributed by atoms with Crippen LogP contribution in [0.2, 0.25) is 0 Å². The van der Waals surface area contributed by atoms with Gasteiger partial charge in [-0.1, -0.05) is 37.5 Å². The van der Waals surface area contributed by atoms with E-state index in [9.17, 15) is 0 Å². The summed E-state index contributed by atoms with van der Waals surface area (Å²) in [5, 5.41) is 3.75. The molecule has 2 heteroatoms. The summed E-state index contributed by atoms with van der Waals surface area (Å²) in [5.74, 6) is 0.734. The fourth-order valence-corrected chi connectivity index (χ4v) is 3.35. The third-order valence-corrected chi connectivity index (χ3v) is 4.86. The van der Waals surface area contributed by atoms with Gasteiger partial charge in [0.15, 0.2) is 0 Å². The Labute approximate surface area is 116 Å². The van der Waals surface area contributed by atoms with E-state index in [0.29, 0.717) is 0 Å². The van der Waals surface area contributed by atoms with Gasteiger partial charge in [0.05, 0.1) is 0 Å². The number of hydrogen-bond acceptors (Lipinski definition) is 1. The monoisotopic (exact) mass is 265 g/mol. The first-order valence-electron chi connectivity index (χ1n) is 7.03. The third-order valence-electron chi connectivity index (χ3n) is 4.35. The van der Waals surface area contributed by atoms with Gasteiger partial charge in [0, 0.05) is 18.0 Å². The first-order valence-corrected chi connectivity index (χ1v) is 7.56. The molecule has 0 spiro atoms. The van der Waals surface area contributed by atoms with E-state index in [0.717, 1.165) is 12.4 Å². The molecule has 0 radical (unpaired) electrons. The zero-order chi connectivity index (χ0) is 13.0. The van der Waals surface area contributed by atoms with Gasteiger partial charge in [0.25, 0.3) is 0 Å². The maximum absolute atomic E-state index is 6.22. The first-order chi connectivity index (χ1) is 8.67. The largest absolute Gasteiger partial charge is 0.306 e. The van der Waals surface area contributed by atoms with Crippen LogP contribution in [0.1, 0.15) is 48.8 Å².